The molecule has 2 rings (SSSR count). The quantitative estimate of drug-likeness (QED) is 0.721. The van der Waals surface area contributed by atoms with Crippen molar-refractivity contribution >= 4 is 24.8 Å². The molecule has 2 atom stereocenters. The van der Waals surface area contributed by atoms with Gasteiger partial charge in [-0.2, -0.15) is 0 Å². The predicted octanol–water partition coefficient (Wildman–Crippen LogP) is 2.96. The largest absolute Gasteiger partial charge is 0.390 e. The Balaban J connectivity index is 0.00000242. The maximum absolute atomic E-state index is 13.1. The first kappa shape index (κ1) is 22.5. The van der Waals surface area contributed by atoms with E-state index in [9.17, 15) is 13.9 Å². The fourth-order valence-corrected chi connectivity index (χ4v) is 2.88. The second-order valence-electron chi connectivity index (χ2n) is 5.96. The van der Waals surface area contributed by atoms with Crippen molar-refractivity contribution in [2.45, 2.75) is 56.7 Å². The molecule has 0 bridgehead atoms. The van der Waals surface area contributed by atoms with E-state index in [1.165, 1.54) is 31.4 Å². The Morgan fingerprint density at radius 1 is 1.09 bits per heavy atom. The van der Waals surface area contributed by atoms with Crippen LogP contribution in [0.25, 0.3) is 0 Å². The van der Waals surface area contributed by atoms with Crippen molar-refractivity contribution in [1.82, 2.24) is 5.32 Å². The minimum absolute atomic E-state index is 0. The van der Waals surface area contributed by atoms with Gasteiger partial charge in [0.25, 0.3) is 0 Å². The molecule has 1 aliphatic carbocycles. The van der Waals surface area contributed by atoms with Gasteiger partial charge in [0.15, 0.2) is 0 Å². The highest BCUT2D eigenvalue weighted by atomic mass is 35.5. The van der Waals surface area contributed by atoms with Crippen LogP contribution in [0.2, 0.25) is 0 Å². The summed E-state index contributed by atoms with van der Waals surface area (Å²) in [5.41, 5.74) is 6.40. The zero-order valence-electron chi connectivity index (χ0n) is 13.0. The van der Waals surface area contributed by atoms with E-state index in [0.29, 0.717) is 18.2 Å². The van der Waals surface area contributed by atoms with Gasteiger partial charge in [-0.3, -0.25) is 0 Å². The molecule has 0 saturated heterocycles. The molecule has 134 valence electrons. The van der Waals surface area contributed by atoms with E-state index in [-0.39, 0.29) is 31.2 Å². The van der Waals surface area contributed by atoms with Gasteiger partial charge >= 0.3 is 0 Å². The van der Waals surface area contributed by atoms with E-state index >= 15 is 0 Å². The molecule has 1 aromatic carbocycles. The van der Waals surface area contributed by atoms with Gasteiger partial charge in [-0.1, -0.05) is 19.3 Å². The molecular formula is C16H26Cl2F2N2O. The van der Waals surface area contributed by atoms with Crippen LogP contribution in [0, 0.1) is 11.6 Å². The predicted molar refractivity (Wildman–Crippen MR) is 93.4 cm³/mol. The highest BCUT2D eigenvalue weighted by Gasteiger charge is 2.19. The lowest BCUT2D eigenvalue weighted by Gasteiger charge is -2.26. The molecule has 1 aliphatic rings. The van der Waals surface area contributed by atoms with Crippen LogP contribution in [-0.4, -0.2) is 29.8 Å². The summed E-state index contributed by atoms with van der Waals surface area (Å²) in [4.78, 5) is 0. The first-order chi connectivity index (χ1) is 10.0. The van der Waals surface area contributed by atoms with Crippen LogP contribution in [-0.2, 0) is 6.42 Å². The van der Waals surface area contributed by atoms with Gasteiger partial charge in [0.1, 0.15) is 11.6 Å². The molecule has 0 amide bonds. The molecule has 0 unspecified atom stereocenters. The lowest BCUT2D eigenvalue weighted by atomic mass is 9.95. The fraction of sp³-hybridized carbons (Fsp3) is 0.625. The number of halogens is 4. The molecule has 0 radical (unpaired) electrons. The van der Waals surface area contributed by atoms with Crippen molar-refractivity contribution in [3.05, 3.63) is 35.4 Å². The van der Waals surface area contributed by atoms with Gasteiger partial charge in [-0.15, -0.1) is 24.8 Å². The van der Waals surface area contributed by atoms with Crippen molar-refractivity contribution < 1.29 is 13.9 Å². The second kappa shape index (κ2) is 11.2. The third kappa shape index (κ3) is 7.77. The van der Waals surface area contributed by atoms with E-state index in [1.807, 2.05) is 0 Å². The number of nitrogens with one attached hydrogen (secondary N) is 1. The van der Waals surface area contributed by atoms with Crippen LogP contribution in [0.3, 0.4) is 0 Å². The highest BCUT2D eigenvalue weighted by Crippen LogP contribution is 2.17. The maximum atomic E-state index is 13.1. The molecule has 1 saturated carbocycles. The molecule has 3 nitrogen and oxygen atoms in total. The smallest absolute Gasteiger partial charge is 0.126 e. The summed E-state index contributed by atoms with van der Waals surface area (Å²) >= 11 is 0. The SMILES string of the molecule is Cl.Cl.N[C@@H](Cc1cc(F)cc(F)c1)[C@H](O)CNC1CCCCC1. The summed E-state index contributed by atoms with van der Waals surface area (Å²) in [6, 6.07) is 3.25. The molecule has 23 heavy (non-hydrogen) atoms. The summed E-state index contributed by atoms with van der Waals surface area (Å²) in [6.45, 7) is 0.420. The van der Waals surface area contributed by atoms with Crippen molar-refractivity contribution in [3.8, 4) is 0 Å². The van der Waals surface area contributed by atoms with Gasteiger partial charge in [0, 0.05) is 24.7 Å². The maximum Gasteiger partial charge on any atom is 0.126 e. The molecule has 7 heteroatoms. The zero-order valence-corrected chi connectivity index (χ0v) is 14.6. The lowest BCUT2D eigenvalue weighted by molar-refractivity contribution is 0.135. The Morgan fingerprint density at radius 2 is 1.65 bits per heavy atom. The van der Waals surface area contributed by atoms with Crippen molar-refractivity contribution in [1.29, 1.82) is 0 Å². The van der Waals surface area contributed by atoms with Crippen molar-refractivity contribution in [3.63, 3.8) is 0 Å². The van der Waals surface area contributed by atoms with E-state index < -0.39 is 23.8 Å². The first-order valence-corrected chi connectivity index (χ1v) is 7.66. The number of aliphatic hydroxyl groups excluding tert-OH is 1. The van der Waals surface area contributed by atoms with E-state index in [2.05, 4.69) is 5.32 Å². The Kier molecular flexibility index (Phi) is 10.9. The summed E-state index contributed by atoms with van der Waals surface area (Å²) in [6.07, 6.45) is 5.53. The number of aliphatic hydroxyl groups is 1. The number of hydrogen-bond acceptors (Lipinski definition) is 3. The van der Waals surface area contributed by atoms with Gasteiger partial charge in [-0.25, -0.2) is 8.78 Å². The third-order valence-electron chi connectivity index (χ3n) is 4.11. The third-order valence-corrected chi connectivity index (χ3v) is 4.11. The van der Waals surface area contributed by atoms with Crippen LogP contribution in [0.4, 0.5) is 8.78 Å². The second-order valence-corrected chi connectivity index (χ2v) is 5.96. The Bertz CT molecular complexity index is 439. The molecule has 0 heterocycles. The van der Waals surface area contributed by atoms with Gasteiger partial charge in [0.2, 0.25) is 0 Å². The molecule has 0 aliphatic heterocycles. The molecule has 1 fully saturated rings. The number of nitrogens with two attached hydrogens (primary N) is 1. The van der Waals surface area contributed by atoms with Crippen LogP contribution in [0.15, 0.2) is 18.2 Å². The minimum Gasteiger partial charge on any atom is -0.390 e. The standard InChI is InChI=1S/C16H24F2N2O.2ClH/c17-12-6-11(7-13(18)9-12)8-15(19)16(21)10-20-14-4-2-1-3-5-14;;/h6-7,9,14-16,20-21H,1-5,8,10,19H2;2*1H/t15-,16+;;/m0../s1. The Morgan fingerprint density at radius 3 is 2.22 bits per heavy atom. The summed E-state index contributed by atoms with van der Waals surface area (Å²) in [5, 5.41) is 13.4. The molecule has 0 aromatic heterocycles. The number of benzene rings is 1. The highest BCUT2D eigenvalue weighted by molar-refractivity contribution is 5.85. The lowest BCUT2D eigenvalue weighted by Crippen LogP contribution is -2.46. The normalized spacial score (nSPS) is 17.7. The van der Waals surface area contributed by atoms with E-state index in [4.69, 9.17) is 5.73 Å². The van der Waals surface area contributed by atoms with E-state index in [1.54, 1.807) is 0 Å². The molecule has 4 N–H and O–H groups in total. The van der Waals surface area contributed by atoms with Crippen LogP contribution >= 0.6 is 24.8 Å². The average molecular weight is 371 g/mol. The van der Waals surface area contributed by atoms with Gasteiger partial charge < -0.3 is 16.2 Å². The minimum atomic E-state index is -0.724. The van der Waals surface area contributed by atoms with Crippen LogP contribution in [0.1, 0.15) is 37.7 Å². The van der Waals surface area contributed by atoms with Gasteiger partial charge in [0.05, 0.1) is 6.10 Å². The molecule has 0 spiro atoms. The Hall–Kier alpha value is -0.460. The molecular weight excluding hydrogens is 345 g/mol. The number of rotatable bonds is 6. The van der Waals surface area contributed by atoms with Crippen LogP contribution < -0.4 is 11.1 Å². The monoisotopic (exact) mass is 370 g/mol. The average Bonchev–Trinajstić information content (AvgIpc) is 2.44. The zero-order chi connectivity index (χ0) is 15.2. The summed E-state index contributed by atoms with van der Waals surface area (Å²) < 4.78 is 26.2. The van der Waals surface area contributed by atoms with E-state index in [0.717, 1.165) is 18.9 Å². The van der Waals surface area contributed by atoms with Crippen LogP contribution in [0.5, 0.6) is 0 Å². The first-order valence-electron chi connectivity index (χ1n) is 7.66. The fourth-order valence-electron chi connectivity index (χ4n) is 2.88. The molecule has 1 aromatic rings. The Labute approximate surface area is 148 Å². The summed E-state index contributed by atoms with van der Waals surface area (Å²) in [5.74, 6) is -1.24. The van der Waals surface area contributed by atoms with Crippen molar-refractivity contribution in [2.75, 3.05) is 6.54 Å². The van der Waals surface area contributed by atoms with Crippen molar-refractivity contribution in [2.24, 2.45) is 5.73 Å². The number of hydrogen-bond donors (Lipinski definition) is 3. The summed E-state index contributed by atoms with van der Waals surface area (Å²) in [7, 11) is 0. The topological polar surface area (TPSA) is 58.3 Å². The van der Waals surface area contributed by atoms with Gasteiger partial charge in [-0.05, 0) is 37.0 Å².